The van der Waals surface area contributed by atoms with E-state index in [0.29, 0.717) is 13.0 Å². The molecule has 1 amide bonds. The maximum Gasteiger partial charge on any atom is 0.254 e. The molecule has 4 heteroatoms. The van der Waals surface area contributed by atoms with Gasteiger partial charge in [-0.05, 0) is 30.0 Å². The number of fused-ring (bicyclic) bond motifs is 1. The number of amides is 1. The fourth-order valence-electron chi connectivity index (χ4n) is 3.07. The SMILES string of the molecule is O=C1c2ccccc2C[C@H](c2ccccc2)N1CCCNF. The molecule has 3 rings (SSSR count). The first-order chi connectivity index (χ1) is 10.8. The Morgan fingerprint density at radius 2 is 1.82 bits per heavy atom. The average molecular weight is 298 g/mol. The molecule has 22 heavy (non-hydrogen) atoms. The second-order valence-corrected chi connectivity index (χ2v) is 5.52. The molecule has 2 aromatic rings. The van der Waals surface area contributed by atoms with E-state index in [1.54, 1.807) is 5.54 Å². The molecule has 0 unspecified atom stereocenters. The minimum atomic E-state index is 0.0169. The zero-order valence-electron chi connectivity index (χ0n) is 12.3. The fraction of sp³-hybridized carbons (Fsp3) is 0.278. The standard InChI is InChI=1S/C18H19FN2O/c19-20-11-6-12-21-17(14-7-2-1-3-8-14)13-15-9-4-5-10-16(15)18(21)22/h1-5,7-10,17,20H,6,11-13H2/t17-/m1/s1. The molecule has 1 N–H and O–H groups in total. The maximum absolute atomic E-state index is 12.8. The van der Waals surface area contributed by atoms with Crippen LogP contribution in [0.4, 0.5) is 4.48 Å². The van der Waals surface area contributed by atoms with Gasteiger partial charge in [0.15, 0.2) is 0 Å². The highest BCUT2D eigenvalue weighted by molar-refractivity contribution is 5.97. The third kappa shape index (κ3) is 2.88. The molecule has 0 radical (unpaired) electrons. The Morgan fingerprint density at radius 3 is 2.59 bits per heavy atom. The second-order valence-electron chi connectivity index (χ2n) is 5.52. The van der Waals surface area contributed by atoms with E-state index in [-0.39, 0.29) is 18.5 Å². The Bertz CT molecular complexity index is 645. The van der Waals surface area contributed by atoms with Gasteiger partial charge >= 0.3 is 0 Å². The van der Waals surface area contributed by atoms with Gasteiger partial charge < -0.3 is 4.90 Å². The molecule has 3 nitrogen and oxygen atoms in total. The van der Waals surface area contributed by atoms with Crippen molar-refractivity contribution < 1.29 is 9.28 Å². The van der Waals surface area contributed by atoms with Gasteiger partial charge in [-0.3, -0.25) is 4.79 Å². The number of nitrogens with one attached hydrogen (secondary N) is 1. The topological polar surface area (TPSA) is 32.3 Å². The number of rotatable bonds is 5. The van der Waals surface area contributed by atoms with Crippen LogP contribution in [0.25, 0.3) is 0 Å². The van der Waals surface area contributed by atoms with E-state index in [0.717, 1.165) is 23.1 Å². The van der Waals surface area contributed by atoms with Crippen molar-refractivity contribution in [3.8, 4) is 0 Å². The van der Waals surface area contributed by atoms with Crippen molar-refractivity contribution in [1.29, 1.82) is 0 Å². The van der Waals surface area contributed by atoms with Gasteiger partial charge in [0, 0.05) is 18.7 Å². The van der Waals surface area contributed by atoms with Crippen molar-refractivity contribution in [3.05, 3.63) is 71.3 Å². The quantitative estimate of drug-likeness (QED) is 0.678. The van der Waals surface area contributed by atoms with Gasteiger partial charge in [-0.25, -0.2) is 0 Å². The van der Waals surface area contributed by atoms with Crippen molar-refractivity contribution in [2.45, 2.75) is 18.9 Å². The summed E-state index contributed by atoms with van der Waals surface area (Å²) in [5, 5.41) is 0. The smallest absolute Gasteiger partial charge is 0.254 e. The summed E-state index contributed by atoms with van der Waals surface area (Å²) in [5.41, 5.74) is 4.63. The molecule has 0 bridgehead atoms. The van der Waals surface area contributed by atoms with Gasteiger partial charge in [-0.1, -0.05) is 48.5 Å². The molecule has 114 valence electrons. The molecular formula is C18H19FN2O. The summed E-state index contributed by atoms with van der Waals surface area (Å²) in [6, 6.07) is 17.8. The largest absolute Gasteiger partial charge is 0.331 e. The summed E-state index contributed by atoms with van der Waals surface area (Å²) >= 11 is 0. The zero-order chi connectivity index (χ0) is 15.4. The summed E-state index contributed by atoms with van der Waals surface area (Å²) in [6.07, 6.45) is 1.39. The van der Waals surface area contributed by atoms with Crippen LogP contribution in [0.3, 0.4) is 0 Å². The van der Waals surface area contributed by atoms with Crippen LogP contribution in [0.1, 0.15) is 33.9 Å². The summed E-state index contributed by atoms with van der Waals surface area (Å²) in [5.74, 6) is 0.0366. The molecule has 0 aromatic heterocycles. The van der Waals surface area contributed by atoms with Gasteiger partial charge in [0.25, 0.3) is 5.91 Å². The lowest BCUT2D eigenvalue weighted by atomic mass is 9.89. The van der Waals surface area contributed by atoms with Gasteiger partial charge in [0.1, 0.15) is 0 Å². The molecule has 0 saturated carbocycles. The molecule has 0 spiro atoms. The Morgan fingerprint density at radius 1 is 1.09 bits per heavy atom. The number of hydrogen-bond acceptors (Lipinski definition) is 2. The number of benzene rings is 2. The summed E-state index contributed by atoms with van der Waals surface area (Å²) < 4.78 is 12.2. The molecule has 0 saturated heterocycles. The summed E-state index contributed by atoms with van der Waals surface area (Å²) in [4.78, 5) is 14.7. The van der Waals surface area contributed by atoms with Crippen LogP contribution in [-0.4, -0.2) is 23.9 Å². The third-order valence-electron chi connectivity index (χ3n) is 4.15. The number of carbonyl (C=O) groups excluding carboxylic acids is 1. The third-order valence-corrected chi connectivity index (χ3v) is 4.15. The van der Waals surface area contributed by atoms with E-state index < -0.39 is 0 Å². The summed E-state index contributed by atoms with van der Waals surface area (Å²) in [6.45, 7) is 0.802. The van der Waals surface area contributed by atoms with E-state index in [1.165, 1.54) is 0 Å². The van der Waals surface area contributed by atoms with Crippen LogP contribution >= 0.6 is 0 Å². The van der Waals surface area contributed by atoms with Crippen molar-refractivity contribution in [3.63, 3.8) is 0 Å². The Hall–Kier alpha value is -2.20. The lowest BCUT2D eigenvalue weighted by Crippen LogP contribution is -2.41. The van der Waals surface area contributed by atoms with Crippen LogP contribution < -0.4 is 5.54 Å². The lowest BCUT2D eigenvalue weighted by molar-refractivity contribution is 0.0641. The van der Waals surface area contributed by atoms with E-state index in [4.69, 9.17) is 0 Å². The highest BCUT2D eigenvalue weighted by Crippen LogP contribution is 2.33. The first-order valence-electron chi connectivity index (χ1n) is 7.58. The zero-order valence-corrected chi connectivity index (χ0v) is 12.3. The second kappa shape index (κ2) is 6.71. The molecule has 1 aliphatic heterocycles. The monoisotopic (exact) mass is 298 g/mol. The maximum atomic E-state index is 12.8. The first-order valence-corrected chi connectivity index (χ1v) is 7.58. The van der Waals surface area contributed by atoms with Crippen LogP contribution in [0.15, 0.2) is 54.6 Å². The van der Waals surface area contributed by atoms with E-state index in [9.17, 15) is 9.28 Å². The van der Waals surface area contributed by atoms with Crippen LogP contribution in [-0.2, 0) is 6.42 Å². The molecule has 1 heterocycles. The molecular weight excluding hydrogens is 279 g/mol. The van der Waals surface area contributed by atoms with Crippen molar-refractivity contribution in [1.82, 2.24) is 10.4 Å². The predicted molar refractivity (Wildman–Crippen MR) is 84.1 cm³/mol. The van der Waals surface area contributed by atoms with E-state index in [2.05, 4.69) is 0 Å². The van der Waals surface area contributed by atoms with Crippen molar-refractivity contribution >= 4 is 5.91 Å². The van der Waals surface area contributed by atoms with Gasteiger partial charge in [-0.2, -0.15) is 5.54 Å². The minimum Gasteiger partial charge on any atom is -0.331 e. The minimum absolute atomic E-state index is 0.0169. The van der Waals surface area contributed by atoms with Gasteiger partial charge in [0.2, 0.25) is 0 Å². The Balaban J connectivity index is 1.93. The summed E-state index contributed by atoms with van der Waals surface area (Å²) in [7, 11) is 0. The number of hydrogen-bond donors (Lipinski definition) is 1. The van der Waals surface area contributed by atoms with Crippen LogP contribution in [0.2, 0.25) is 0 Å². The lowest BCUT2D eigenvalue weighted by Gasteiger charge is -2.37. The Labute approximate surface area is 129 Å². The molecule has 0 aliphatic carbocycles. The predicted octanol–water partition coefficient (Wildman–Crippen LogP) is 3.29. The number of carbonyl (C=O) groups is 1. The molecule has 1 atom stereocenters. The van der Waals surface area contributed by atoms with Crippen LogP contribution in [0, 0.1) is 0 Å². The van der Waals surface area contributed by atoms with E-state index in [1.807, 2.05) is 59.5 Å². The van der Waals surface area contributed by atoms with E-state index >= 15 is 0 Å². The number of halogens is 1. The van der Waals surface area contributed by atoms with Gasteiger partial charge in [0.05, 0.1) is 6.04 Å². The van der Waals surface area contributed by atoms with Crippen LogP contribution in [0.5, 0.6) is 0 Å². The molecule has 1 aliphatic rings. The average Bonchev–Trinajstić information content (AvgIpc) is 2.57. The fourth-order valence-corrected chi connectivity index (χ4v) is 3.07. The normalized spacial score (nSPS) is 17.4. The number of nitrogens with zero attached hydrogens (tertiary/aromatic N) is 1. The van der Waals surface area contributed by atoms with Gasteiger partial charge in [-0.15, -0.1) is 4.48 Å². The molecule has 2 aromatic carbocycles. The van der Waals surface area contributed by atoms with Crippen molar-refractivity contribution in [2.75, 3.05) is 13.1 Å². The highest BCUT2D eigenvalue weighted by Gasteiger charge is 2.32. The Kier molecular flexibility index (Phi) is 4.49. The highest BCUT2D eigenvalue weighted by atomic mass is 19.2. The molecule has 0 fully saturated rings. The van der Waals surface area contributed by atoms with Crippen molar-refractivity contribution in [2.24, 2.45) is 0 Å². The first kappa shape index (κ1) is 14.7.